The molecule has 0 aliphatic heterocycles. The normalized spacial score (nSPS) is 12.1. The SMILES string of the molecule is CC(CN)SCc1cccc([N+](=O)[O-])c1C(=O)O. The van der Waals surface area contributed by atoms with Crippen LogP contribution in [0.5, 0.6) is 0 Å². The number of nitro benzene ring substituents is 1. The molecule has 0 saturated heterocycles. The molecule has 0 bridgehead atoms. The fourth-order valence-corrected chi connectivity index (χ4v) is 2.25. The van der Waals surface area contributed by atoms with E-state index in [-0.39, 0.29) is 16.5 Å². The van der Waals surface area contributed by atoms with Gasteiger partial charge in [0.1, 0.15) is 5.56 Å². The van der Waals surface area contributed by atoms with Gasteiger partial charge in [0, 0.05) is 23.6 Å². The molecule has 0 fully saturated rings. The number of carbonyl (C=O) groups is 1. The van der Waals surface area contributed by atoms with Crippen LogP contribution in [0.2, 0.25) is 0 Å². The molecule has 0 radical (unpaired) electrons. The standard InChI is InChI=1S/C11H14N2O4S/c1-7(5-12)18-6-8-3-2-4-9(13(16)17)10(8)11(14)15/h2-4,7H,5-6,12H2,1H3,(H,14,15). The van der Waals surface area contributed by atoms with Crippen molar-refractivity contribution in [1.82, 2.24) is 0 Å². The highest BCUT2D eigenvalue weighted by Gasteiger charge is 2.23. The van der Waals surface area contributed by atoms with Gasteiger partial charge in [-0.2, -0.15) is 11.8 Å². The minimum absolute atomic E-state index is 0.172. The number of nitrogens with two attached hydrogens (primary N) is 1. The second kappa shape index (κ2) is 6.36. The van der Waals surface area contributed by atoms with Gasteiger partial charge in [0.25, 0.3) is 5.69 Å². The van der Waals surface area contributed by atoms with Crippen LogP contribution in [0, 0.1) is 10.1 Å². The summed E-state index contributed by atoms with van der Waals surface area (Å²) in [4.78, 5) is 21.2. The summed E-state index contributed by atoms with van der Waals surface area (Å²) in [5.41, 5.74) is 5.30. The van der Waals surface area contributed by atoms with E-state index in [0.29, 0.717) is 17.9 Å². The van der Waals surface area contributed by atoms with Crippen molar-refractivity contribution in [2.75, 3.05) is 6.54 Å². The van der Waals surface area contributed by atoms with Crippen molar-refractivity contribution in [3.63, 3.8) is 0 Å². The summed E-state index contributed by atoms with van der Waals surface area (Å²) >= 11 is 1.47. The van der Waals surface area contributed by atoms with E-state index < -0.39 is 10.9 Å². The van der Waals surface area contributed by atoms with Crippen molar-refractivity contribution < 1.29 is 14.8 Å². The molecule has 18 heavy (non-hydrogen) atoms. The summed E-state index contributed by atoms with van der Waals surface area (Å²) < 4.78 is 0. The van der Waals surface area contributed by atoms with Crippen LogP contribution in [0.3, 0.4) is 0 Å². The van der Waals surface area contributed by atoms with Gasteiger partial charge in [-0.25, -0.2) is 4.79 Å². The van der Waals surface area contributed by atoms with Crippen molar-refractivity contribution >= 4 is 23.4 Å². The van der Waals surface area contributed by atoms with E-state index in [4.69, 9.17) is 10.8 Å². The number of hydrogen-bond acceptors (Lipinski definition) is 5. The number of thioether (sulfide) groups is 1. The van der Waals surface area contributed by atoms with Gasteiger partial charge in [-0.1, -0.05) is 19.1 Å². The zero-order valence-electron chi connectivity index (χ0n) is 9.83. The first-order chi connectivity index (χ1) is 8.47. The lowest BCUT2D eigenvalue weighted by atomic mass is 10.1. The maximum Gasteiger partial charge on any atom is 0.343 e. The van der Waals surface area contributed by atoms with E-state index in [2.05, 4.69) is 0 Å². The maximum atomic E-state index is 11.1. The number of carboxylic acids is 1. The van der Waals surface area contributed by atoms with Gasteiger partial charge in [0.05, 0.1) is 4.92 Å². The maximum absolute atomic E-state index is 11.1. The Labute approximate surface area is 108 Å². The molecule has 1 atom stereocenters. The molecule has 0 aliphatic carbocycles. The number of nitro groups is 1. The fourth-order valence-electron chi connectivity index (χ4n) is 1.41. The minimum atomic E-state index is -1.28. The van der Waals surface area contributed by atoms with E-state index >= 15 is 0 Å². The molecular weight excluding hydrogens is 256 g/mol. The lowest BCUT2D eigenvalue weighted by molar-refractivity contribution is -0.385. The Morgan fingerprint density at radius 3 is 2.78 bits per heavy atom. The number of aromatic carboxylic acids is 1. The van der Waals surface area contributed by atoms with Crippen molar-refractivity contribution in [1.29, 1.82) is 0 Å². The molecular formula is C11H14N2O4S. The average Bonchev–Trinajstić information content (AvgIpc) is 2.34. The van der Waals surface area contributed by atoms with Gasteiger partial charge in [-0.3, -0.25) is 10.1 Å². The van der Waals surface area contributed by atoms with Crippen LogP contribution in [-0.4, -0.2) is 27.8 Å². The summed E-state index contributed by atoms with van der Waals surface area (Å²) in [5.74, 6) is -0.889. The minimum Gasteiger partial charge on any atom is -0.477 e. The zero-order valence-corrected chi connectivity index (χ0v) is 10.6. The summed E-state index contributed by atoms with van der Waals surface area (Å²) in [6.45, 7) is 2.39. The second-order valence-electron chi connectivity index (χ2n) is 3.73. The summed E-state index contributed by atoms with van der Waals surface area (Å²) in [7, 11) is 0. The third-order valence-electron chi connectivity index (χ3n) is 2.39. The van der Waals surface area contributed by atoms with Gasteiger partial charge in [0.15, 0.2) is 0 Å². The van der Waals surface area contributed by atoms with E-state index in [9.17, 15) is 14.9 Å². The lowest BCUT2D eigenvalue weighted by Gasteiger charge is -2.10. The summed E-state index contributed by atoms with van der Waals surface area (Å²) in [6.07, 6.45) is 0. The fraction of sp³-hybridized carbons (Fsp3) is 0.364. The van der Waals surface area contributed by atoms with Crippen molar-refractivity contribution in [3.8, 4) is 0 Å². The third-order valence-corrected chi connectivity index (χ3v) is 3.63. The van der Waals surface area contributed by atoms with Crippen molar-refractivity contribution in [2.45, 2.75) is 17.9 Å². The molecule has 1 aromatic carbocycles. The highest BCUT2D eigenvalue weighted by Crippen LogP contribution is 2.26. The number of hydrogen-bond donors (Lipinski definition) is 2. The van der Waals surface area contributed by atoms with Crippen molar-refractivity contribution in [3.05, 3.63) is 39.4 Å². The second-order valence-corrected chi connectivity index (χ2v) is 5.16. The molecule has 7 heteroatoms. The Bertz CT molecular complexity index is 464. The van der Waals surface area contributed by atoms with E-state index in [1.807, 2.05) is 6.92 Å². The molecule has 0 heterocycles. The first-order valence-corrected chi connectivity index (χ1v) is 6.33. The predicted octanol–water partition coefficient (Wildman–Crippen LogP) is 1.87. The van der Waals surface area contributed by atoms with Gasteiger partial charge < -0.3 is 10.8 Å². The monoisotopic (exact) mass is 270 g/mol. The molecule has 1 rings (SSSR count). The van der Waals surface area contributed by atoms with Crippen LogP contribution in [0.4, 0.5) is 5.69 Å². The Hall–Kier alpha value is -1.60. The number of nitrogens with zero attached hydrogens (tertiary/aromatic N) is 1. The Kier molecular flexibility index (Phi) is 5.11. The highest BCUT2D eigenvalue weighted by atomic mass is 32.2. The zero-order chi connectivity index (χ0) is 13.7. The van der Waals surface area contributed by atoms with Crippen LogP contribution in [0.25, 0.3) is 0 Å². The van der Waals surface area contributed by atoms with Crippen molar-refractivity contribution in [2.24, 2.45) is 5.73 Å². The van der Waals surface area contributed by atoms with Crippen LogP contribution in [0.15, 0.2) is 18.2 Å². The first-order valence-electron chi connectivity index (χ1n) is 5.28. The topological polar surface area (TPSA) is 106 Å². The Balaban J connectivity index is 3.07. The van der Waals surface area contributed by atoms with E-state index in [1.165, 1.54) is 23.9 Å². The largest absolute Gasteiger partial charge is 0.477 e. The molecule has 0 amide bonds. The number of benzene rings is 1. The average molecular weight is 270 g/mol. The molecule has 6 nitrogen and oxygen atoms in total. The first kappa shape index (κ1) is 14.5. The molecule has 0 aromatic heterocycles. The van der Waals surface area contributed by atoms with E-state index in [0.717, 1.165) is 0 Å². The molecule has 3 N–H and O–H groups in total. The summed E-state index contributed by atoms with van der Waals surface area (Å²) in [6, 6.07) is 4.28. The lowest BCUT2D eigenvalue weighted by Crippen LogP contribution is -2.13. The predicted molar refractivity (Wildman–Crippen MR) is 69.9 cm³/mol. The third kappa shape index (κ3) is 3.44. The molecule has 0 saturated carbocycles. The molecule has 1 aromatic rings. The highest BCUT2D eigenvalue weighted by molar-refractivity contribution is 7.99. The van der Waals surface area contributed by atoms with Crippen LogP contribution < -0.4 is 5.73 Å². The van der Waals surface area contributed by atoms with Gasteiger partial charge >= 0.3 is 5.97 Å². The Morgan fingerprint density at radius 2 is 2.28 bits per heavy atom. The van der Waals surface area contributed by atoms with Gasteiger partial charge in [0.2, 0.25) is 0 Å². The van der Waals surface area contributed by atoms with Crippen LogP contribution >= 0.6 is 11.8 Å². The van der Waals surface area contributed by atoms with E-state index in [1.54, 1.807) is 6.07 Å². The Morgan fingerprint density at radius 1 is 1.61 bits per heavy atom. The smallest absolute Gasteiger partial charge is 0.343 e. The van der Waals surface area contributed by atoms with Crippen LogP contribution in [-0.2, 0) is 5.75 Å². The van der Waals surface area contributed by atoms with Gasteiger partial charge in [-0.15, -0.1) is 0 Å². The molecule has 1 unspecified atom stereocenters. The molecule has 0 aliphatic rings. The van der Waals surface area contributed by atoms with Crippen LogP contribution in [0.1, 0.15) is 22.8 Å². The summed E-state index contributed by atoms with van der Waals surface area (Å²) in [5, 5.41) is 20.0. The van der Waals surface area contributed by atoms with Gasteiger partial charge in [-0.05, 0) is 5.56 Å². The number of rotatable bonds is 6. The number of carboxylic acid groups (broad SMARTS) is 1. The molecule has 98 valence electrons. The molecule has 0 spiro atoms. The quantitative estimate of drug-likeness (QED) is 0.603.